The molecule has 2 aromatic carbocycles. The van der Waals surface area contributed by atoms with Gasteiger partial charge in [0.25, 0.3) is 0 Å². The van der Waals surface area contributed by atoms with Crippen molar-refractivity contribution in [2.75, 3.05) is 6.61 Å². The Hall–Kier alpha value is -2.00. The Morgan fingerprint density at radius 3 is 2.55 bits per heavy atom. The van der Waals surface area contributed by atoms with Crippen LogP contribution < -0.4 is 9.47 Å². The molecule has 0 aromatic heterocycles. The third-order valence-corrected chi connectivity index (χ3v) is 2.97. The van der Waals surface area contributed by atoms with Crippen LogP contribution in [0.25, 0.3) is 0 Å². The van der Waals surface area contributed by atoms with E-state index in [0.717, 1.165) is 11.8 Å². The van der Waals surface area contributed by atoms with Crippen LogP contribution >= 0.6 is 11.6 Å². The Morgan fingerprint density at radius 1 is 1.15 bits per heavy atom. The summed E-state index contributed by atoms with van der Waals surface area (Å²) in [6.07, 6.45) is 0.732. The highest BCUT2D eigenvalue weighted by molar-refractivity contribution is 6.32. The molecule has 0 spiro atoms. The smallest absolute Gasteiger partial charge is 0.180 e. The van der Waals surface area contributed by atoms with Crippen molar-refractivity contribution in [1.82, 2.24) is 0 Å². The van der Waals surface area contributed by atoms with Crippen LogP contribution in [-0.2, 0) is 6.61 Å². The lowest BCUT2D eigenvalue weighted by Gasteiger charge is -2.14. The van der Waals surface area contributed by atoms with Gasteiger partial charge in [0.05, 0.1) is 11.6 Å². The fraction of sp³-hybridized carbons (Fsp3) is 0.188. The van der Waals surface area contributed by atoms with E-state index in [1.165, 1.54) is 0 Å². The van der Waals surface area contributed by atoms with Crippen LogP contribution in [0.4, 0.5) is 0 Å². The highest BCUT2D eigenvalue weighted by Crippen LogP contribution is 2.36. The Morgan fingerprint density at radius 2 is 1.90 bits per heavy atom. The highest BCUT2D eigenvalue weighted by Gasteiger charge is 2.12. The van der Waals surface area contributed by atoms with E-state index < -0.39 is 0 Å². The lowest BCUT2D eigenvalue weighted by molar-refractivity contribution is 0.112. The molecule has 0 aliphatic heterocycles. The molecule has 0 N–H and O–H groups in total. The maximum absolute atomic E-state index is 10.9. The number of hydrogen-bond donors (Lipinski definition) is 0. The topological polar surface area (TPSA) is 35.5 Å². The van der Waals surface area contributed by atoms with Gasteiger partial charge in [0.15, 0.2) is 11.5 Å². The monoisotopic (exact) mass is 290 g/mol. The average molecular weight is 291 g/mol. The number of benzene rings is 2. The SMILES string of the molecule is CCOc1cc(C=O)cc(Cl)c1OCc1ccccc1. The molecular formula is C16H15ClO3. The maximum atomic E-state index is 10.9. The number of carbonyl (C=O) groups excluding carboxylic acids is 1. The fourth-order valence-electron chi connectivity index (χ4n) is 1.79. The summed E-state index contributed by atoms with van der Waals surface area (Å²) in [5.41, 5.74) is 1.50. The Kier molecular flexibility index (Phi) is 5.02. The fourth-order valence-corrected chi connectivity index (χ4v) is 2.06. The van der Waals surface area contributed by atoms with Gasteiger partial charge < -0.3 is 9.47 Å². The predicted octanol–water partition coefficient (Wildman–Crippen LogP) is 4.13. The minimum absolute atomic E-state index is 0.369. The van der Waals surface area contributed by atoms with Gasteiger partial charge in [0, 0.05) is 5.56 Å². The second kappa shape index (κ2) is 6.96. The van der Waals surface area contributed by atoms with Crippen LogP contribution in [0.2, 0.25) is 5.02 Å². The Balaban J connectivity index is 2.23. The highest BCUT2D eigenvalue weighted by atomic mass is 35.5. The molecule has 0 fully saturated rings. The number of rotatable bonds is 6. The van der Waals surface area contributed by atoms with Gasteiger partial charge >= 0.3 is 0 Å². The first kappa shape index (κ1) is 14.4. The van der Waals surface area contributed by atoms with Gasteiger partial charge in [-0.05, 0) is 24.6 Å². The summed E-state index contributed by atoms with van der Waals surface area (Å²) in [6, 6.07) is 13.0. The zero-order valence-electron chi connectivity index (χ0n) is 11.1. The largest absolute Gasteiger partial charge is 0.490 e. The van der Waals surface area contributed by atoms with Crippen molar-refractivity contribution in [3.8, 4) is 11.5 Å². The van der Waals surface area contributed by atoms with Crippen molar-refractivity contribution in [1.29, 1.82) is 0 Å². The molecule has 20 heavy (non-hydrogen) atoms. The van der Waals surface area contributed by atoms with Crippen LogP contribution in [0, 0.1) is 0 Å². The zero-order chi connectivity index (χ0) is 14.4. The maximum Gasteiger partial charge on any atom is 0.180 e. The van der Waals surface area contributed by atoms with Gasteiger partial charge in [0.1, 0.15) is 12.9 Å². The van der Waals surface area contributed by atoms with Crippen molar-refractivity contribution in [3.63, 3.8) is 0 Å². The molecule has 0 bridgehead atoms. The molecule has 4 heteroatoms. The molecule has 0 saturated heterocycles. The molecule has 0 unspecified atom stereocenters. The number of halogens is 1. The zero-order valence-corrected chi connectivity index (χ0v) is 11.9. The number of carbonyl (C=O) groups is 1. The van der Waals surface area contributed by atoms with E-state index in [4.69, 9.17) is 21.1 Å². The quantitative estimate of drug-likeness (QED) is 0.750. The number of ether oxygens (including phenoxy) is 2. The van der Waals surface area contributed by atoms with Crippen LogP contribution in [0.1, 0.15) is 22.8 Å². The normalized spacial score (nSPS) is 10.1. The second-order valence-electron chi connectivity index (χ2n) is 4.16. The van der Waals surface area contributed by atoms with Crippen molar-refractivity contribution >= 4 is 17.9 Å². The molecule has 2 aromatic rings. The number of hydrogen-bond acceptors (Lipinski definition) is 3. The Labute approximate surface area is 123 Å². The molecule has 104 valence electrons. The first-order valence-corrected chi connectivity index (χ1v) is 6.70. The van der Waals surface area contributed by atoms with Crippen molar-refractivity contribution < 1.29 is 14.3 Å². The molecule has 0 amide bonds. The van der Waals surface area contributed by atoms with Gasteiger partial charge in [-0.25, -0.2) is 0 Å². The van der Waals surface area contributed by atoms with E-state index in [2.05, 4.69) is 0 Å². The Bertz CT molecular complexity index is 582. The summed E-state index contributed by atoms with van der Waals surface area (Å²) >= 11 is 6.15. The molecule has 0 radical (unpaired) electrons. The van der Waals surface area contributed by atoms with Crippen LogP contribution in [0.15, 0.2) is 42.5 Å². The summed E-state index contributed by atoms with van der Waals surface area (Å²) in [5, 5.41) is 0.369. The van der Waals surface area contributed by atoms with Crippen molar-refractivity contribution in [2.24, 2.45) is 0 Å². The van der Waals surface area contributed by atoms with Crippen LogP contribution in [0.5, 0.6) is 11.5 Å². The van der Waals surface area contributed by atoms with E-state index in [9.17, 15) is 4.79 Å². The molecule has 3 nitrogen and oxygen atoms in total. The summed E-state index contributed by atoms with van der Waals surface area (Å²) in [5.74, 6) is 0.945. The summed E-state index contributed by atoms with van der Waals surface area (Å²) < 4.78 is 11.2. The van der Waals surface area contributed by atoms with Gasteiger partial charge in [0.2, 0.25) is 0 Å². The van der Waals surface area contributed by atoms with Crippen molar-refractivity contribution in [2.45, 2.75) is 13.5 Å². The van der Waals surface area contributed by atoms with Gasteiger partial charge in [-0.3, -0.25) is 4.79 Å². The van der Waals surface area contributed by atoms with E-state index >= 15 is 0 Å². The van der Waals surface area contributed by atoms with E-state index in [0.29, 0.717) is 35.3 Å². The van der Waals surface area contributed by atoms with Crippen molar-refractivity contribution in [3.05, 3.63) is 58.6 Å². The van der Waals surface area contributed by atoms with Crippen LogP contribution in [0.3, 0.4) is 0 Å². The van der Waals surface area contributed by atoms with Crippen LogP contribution in [-0.4, -0.2) is 12.9 Å². The number of aldehydes is 1. The van der Waals surface area contributed by atoms with Gasteiger partial charge in [-0.15, -0.1) is 0 Å². The first-order valence-electron chi connectivity index (χ1n) is 6.33. The molecular weight excluding hydrogens is 276 g/mol. The molecule has 0 saturated carbocycles. The summed E-state index contributed by atoms with van der Waals surface area (Å²) in [4.78, 5) is 10.9. The van der Waals surface area contributed by atoms with Gasteiger partial charge in [-0.1, -0.05) is 41.9 Å². The third-order valence-electron chi connectivity index (χ3n) is 2.69. The standard InChI is InChI=1S/C16H15ClO3/c1-2-19-15-9-13(10-18)8-14(17)16(15)20-11-12-6-4-3-5-7-12/h3-10H,2,11H2,1H3. The van der Waals surface area contributed by atoms with E-state index in [-0.39, 0.29) is 0 Å². The predicted molar refractivity (Wildman–Crippen MR) is 78.8 cm³/mol. The summed E-state index contributed by atoms with van der Waals surface area (Å²) in [6.45, 7) is 2.73. The lowest BCUT2D eigenvalue weighted by atomic mass is 10.2. The molecule has 0 aliphatic rings. The first-order chi connectivity index (χ1) is 9.74. The van der Waals surface area contributed by atoms with Gasteiger partial charge in [-0.2, -0.15) is 0 Å². The second-order valence-corrected chi connectivity index (χ2v) is 4.56. The van der Waals surface area contributed by atoms with E-state index in [1.54, 1.807) is 12.1 Å². The summed E-state index contributed by atoms with van der Waals surface area (Å²) in [7, 11) is 0. The minimum atomic E-state index is 0.369. The molecule has 2 rings (SSSR count). The lowest BCUT2D eigenvalue weighted by Crippen LogP contribution is -2.01. The minimum Gasteiger partial charge on any atom is -0.490 e. The molecule has 0 heterocycles. The molecule has 0 atom stereocenters. The molecule has 0 aliphatic carbocycles. The van der Waals surface area contributed by atoms with E-state index in [1.807, 2.05) is 37.3 Å². The third kappa shape index (κ3) is 3.52. The average Bonchev–Trinajstić information content (AvgIpc) is 2.47.